The molecule has 0 fully saturated rings. The lowest BCUT2D eigenvalue weighted by Gasteiger charge is -2.06. The van der Waals surface area contributed by atoms with Crippen molar-refractivity contribution in [2.45, 2.75) is 13.8 Å². The Morgan fingerprint density at radius 2 is 1.94 bits per heavy atom. The lowest BCUT2D eigenvalue weighted by molar-refractivity contribution is 0.0526. The lowest BCUT2D eigenvalue weighted by Crippen LogP contribution is -2.04. The van der Waals surface area contributed by atoms with Crippen molar-refractivity contribution in [3.63, 3.8) is 0 Å². The van der Waals surface area contributed by atoms with E-state index in [9.17, 15) is 4.79 Å². The van der Waals surface area contributed by atoms with Crippen LogP contribution in [0.3, 0.4) is 0 Å². The van der Waals surface area contributed by atoms with Crippen molar-refractivity contribution >= 4 is 5.97 Å². The van der Waals surface area contributed by atoms with Gasteiger partial charge in [0.2, 0.25) is 0 Å². The Labute approximate surface area is 95.7 Å². The van der Waals surface area contributed by atoms with Crippen LogP contribution in [0.4, 0.5) is 0 Å². The van der Waals surface area contributed by atoms with Crippen molar-refractivity contribution in [2.24, 2.45) is 0 Å². The first-order valence-corrected chi connectivity index (χ1v) is 5.18. The van der Waals surface area contributed by atoms with Gasteiger partial charge in [0.25, 0.3) is 0 Å². The molecule has 1 aromatic carbocycles. The quantitative estimate of drug-likeness (QED) is 0.565. The highest BCUT2D eigenvalue weighted by Gasteiger charge is 2.05. The first kappa shape index (κ1) is 12.3. The second kappa shape index (κ2) is 5.95. The molecule has 0 spiro atoms. The first-order valence-electron chi connectivity index (χ1n) is 5.18. The van der Waals surface area contributed by atoms with E-state index in [0.29, 0.717) is 18.8 Å². The number of esters is 1. The Kier molecular flexibility index (Phi) is 4.58. The zero-order valence-electron chi connectivity index (χ0n) is 9.66. The number of benzene rings is 1. The van der Waals surface area contributed by atoms with E-state index >= 15 is 0 Å². The normalized spacial score (nSPS) is 9.62. The number of carbonyl (C=O) groups is 1. The fourth-order valence-electron chi connectivity index (χ4n) is 1.11. The molecule has 0 heterocycles. The van der Waals surface area contributed by atoms with Crippen LogP contribution in [-0.4, -0.2) is 19.2 Å². The van der Waals surface area contributed by atoms with Crippen LogP contribution in [-0.2, 0) is 4.74 Å². The summed E-state index contributed by atoms with van der Waals surface area (Å²) in [4.78, 5) is 11.3. The maximum atomic E-state index is 11.3. The minimum Gasteiger partial charge on any atom is -0.489 e. The van der Waals surface area contributed by atoms with E-state index in [1.54, 1.807) is 31.2 Å². The Bertz CT molecular complexity index is 365. The summed E-state index contributed by atoms with van der Waals surface area (Å²) in [6, 6.07) is 6.86. The number of hydrogen-bond acceptors (Lipinski definition) is 3. The van der Waals surface area contributed by atoms with Crippen LogP contribution in [0.1, 0.15) is 24.2 Å². The molecule has 0 saturated heterocycles. The predicted octanol–water partition coefficient (Wildman–Crippen LogP) is 2.82. The first-order chi connectivity index (χ1) is 7.63. The van der Waals surface area contributed by atoms with Gasteiger partial charge in [0.1, 0.15) is 12.4 Å². The molecule has 3 heteroatoms. The fraction of sp³-hybridized carbons (Fsp3) is 0.308. The largest absolute Gasteiger partial charge is 0.489 e. The molecule has 3 nitrogen and oxygen atoms in total. The molecule has 86 valence electrons. The van der Waals surface area contributed by atoms with Gasteiger partial charge < -0.3 is 9.47 Å². The van der Waals surface area contributed by atoms with Crippen LogP contribution in [0.15, 0.2) is 36.4 Å². The Hall–Kier alpha value is -1.77. The van der Waals surface area contributed by atoms with Crippen LogP contribution < -0.4 is 4.74 Å². The molecule has 0 aromatic heterocycles. The van der Waals surface area contributed by atoms with Crippen molar-refractivity contribution in [1.29, 1.82) is 0 Å². The van der Waals surface area contributed by atoms with E-state index < -0.39 is 0 Å². The third kappa shape index (κ3) is 3.77. The predicted molar refractivity (Wildman–Crippen MR) is 62.7 cm³/mol. The van der Waals surface area contributed by atoms with Gasteiger partial charge in [-0.15, -0.1) is 0 Å². The summed E-state index contributed by atoms with van der Waals surface area (Å²) in [6.45, 7) is 8.28. The molecular formula is C13H16O3. The fourth-order valence-corrected chi connectivity index (χ4v) is 1.11. The highest BCUT2D eigenvalue weighted by Crippen LogP contribution is 2.13. The molecule has 0 N–H and O–H groups in total. The molecule has 0 aliphatic heterocycles. The molecular weight excluding hydrogens is 204 g/mol. The average molecular weight is 220 g/mol. The van der Waals surface area contributed by atoms with Crippen LogP contribution in [0.5, 0.6) is 5.75 Å². The van der Waals surface area contributed by atoms with Gasteiger partial charge in [-0.25, -0.2) is 4.79 Å². The number of carbonyl (C=O) groups excluding carboxylic acids is 1. The molecule has 0 aliphatic rings. The molecule has 0 bridgehead atoms. The third-order valence-electron chi connectivity index (χ3n) is 1.85. The molecule has 0 aliphatic carbocycles. The molecule has 0 unspecified atom stereocenters. The summed E-state index contributed by atoms with van der Waals surface area (Å²) in [7, 11) is 0. The van der Waals surface area contributed by atoms with Crippen molar-refractivity contribution in [3.05, 3.63) is 42.0 Å². The zero-order valence-corrected chi connectivity index (χ0v) is 9.66. The highest BCUT2D eigenvalue weighted by atomic mass is 16.5. The molecule has 1 rings (SSSR count). The van der Waals surface area contributed by atoms with Gasteiger partial charge in [0.15, 0.2) is 0 Å². The SMILES string of the molecule is C=C(C)COc1ccc(C(=O)OCC)cc1. The van der Waals surface area contributed by atoms with E-state index in [0.717, 1.165) is 11.3 Å². The molecule has 16 heavy (non-hydrogen) atoms. The van der Waals surface area contributed by atoms with Gasteiger partial charge in [-0.3, -0.25) is 0 Å². The lowest BCUT2D eigenvalue weighted by atomic mass is 10.2. The van der Waals surface area contributed by atoms with E-state index in [1.165, 1.54) is 0 Å². The smallest absolute Gasteiger partial charge is 0.338 e. The van der Waals surface area contributed by atoms with E-state index in [1.807, 2.05) is 6.92 Å². The monoisotopic (exact) mass is 220 g/mol. The van der Waals surface area contributed by atoms with Crippen LogP contribution in [0.2, 0.25) is 0 Å². The number of hydrogen-bond donors (Lipinski definition) is 0. The maximum Gasteiger partial charge on any atom is 0.338 e. The Morgan fingerprint density at radius 3 is 2.44 bits per heavy atom. The molecule has 0 saturated carbocycles. The van der Waals surface area contributed by atoms with E-state index in [-0.39, 0.29) is 5.97 Å². The van der Waals surface area contributed by atoms with Crippen molar-refractivity contribution in [3.8, 4) is 5.75 Å². The van der Waals surface area contributed by atoms with Gasteiger partial charge in [-0.05, 0) is 43.7 Å². The summed E-state index contributed by atoms with van der Waals surface area (Å²) < 4.78 is 10.3. The molecule has 0 radical (unpaired) electrons. The Balaban J connectivity index is 2.60. The third-order valence-corrected chi connectivity index (χ3v) is 1.85. The summed E-state index contributed by atoms with van der Waals surface area (Å²) in [5.41, 5.74) is 1.49. The van der Waals surface area contributed by atoms with E-state index in [4.69, 9.17) is 9.47 Å². The number of rotatable bonds is 5. The summed E-state index contributed by atoms with van der Waals surface area (Å²) in [6.07, 6.45) is 0. The van der Waals surface area contributed by atoms with Gasteiger partial charge in [0.05, 0.1) is 12.2 Å². The minimum atomic E-state index is -0.311. The summed E-state index contributed by atoms with van der Waals surface area (Å²) in [5, 5.41) is 0. The summed E-state index contributed by atoms with van der Waals surface area (Å²) in [5.74, 6) is 0.407. The van der Waals surface area contributed by atoms with Crippen molar-refractivity contribution in [2.75, 3.05) is 13.2 Å². The number of ether oxygens (including phenoxy) is 2. The van der Waals surface area contributed by atoms with Crippen LogP contribution in [0, 0.1) is 0 Å². The van der Waals surface area contributed by atoms with E-state index in [2.05, 4.69) is 6.58 Å². The van der Waals surface area contributed by atoms with Crippen LogP contribution >= 0.6 is 0 Å². The maximum absolute atomic E-state index is 11.3. The van der Waals surface area contributed by atoms with Crippen LogP contribution in [0.25, 0.3) is 0 Å². The van der Waals surface area contributed by atoms with Crippen molar-refractivity contribution in [1.82, 2.24) is 0 Å². The standard InChI is InChI=1S/C13H16O3/c1-4-15-13(14)11-5-7-12(8-6-11)16-9-10(2)3/h5-8H,2,4,9H2,1,3H3. The minimum absolute atomic E-state index is 0.311. The molecule has 0 atom stereocenters. The topological polar surface area (TPSA) is 35.5 Å². The van der Waals surface area contributed by atoms with Gasteiger partial charge in [-0.1, -0.05) is 6.58 Å². The second-order valence-corrected chi connectivity index (χ2v) is 3.49. The van der Waals surface area contributed by atoms with Crippen molar-refractivity contribution < 1.29 is 14.3 Å². The molecule has 1 aromatic rings. The second-order valence-electron chi connectivity index (χ2n) is 3.49. The van der Waals surface area contributed by atoms with Gasteiger partial charge >= 0.3 is 5.97 Å². The Morgan fingerprint density at radius 1 is 1.31 bits per heavy atom. The van der Waals surface area contributed by atoms with Gasteiger partial charge in [-0.2, -0.15) is 0 Å². The summed E-state index contributed by atoms with van der Waals surface area (Å²) >= 11 is 0. The molecule has 0 amide bonds. The highest BCUT2D eigenvalue weighted by molar-refractivity contribution is 5.89. The average Bonchev–Trinajstić information content (AvgIpc) is 2.27. The zero-order chi connectivity index (χ0) is 12.0. The van der Waals surface area contributed by atoms with Gasteiger partial charge in [0, 0.05) is 0 Å².